The molecule has 0 bridgehead atoms. The minimum Gasteiger partial charge on any atom is -0.442 e. The Morgan fingerprint density at radius 2 is 2.08 bits per heavy atom. The molecular weight excluding hydrogens is 212 g/mol. The van der Waals surface area contributed by atoms with Crippen LogP contribution in [0.2, 0.25) is 0 Å². The summed E-state index contributed by atoms with van der Waals surface area (Å²) in [5.74, 6) is 0. The van der Waals surface area contributed by atoms with Crippen molar-refractivity contribution in [3.05, 3.63) is 0 Å². The fraction of sp³-hybridized carbons (Fsp3) is 0.750. The molecule has 0 aliphatic heterocycles. The molecule has 0 heterocycles. The largest absolute Gasteiger partial charge is 0.442 e. The fourth-order valence-electron chi connectivity index (χ4n) is 0.296. The molecule has 0 unspecified atom stereocenters. The van der Waals surface area contributed by atoms with Gasteiger partial charge < -0.3 is 10.1 Å². The molecule has 0 saturated heterocycles. The van der Waals surface area contributed by atoms with Gasteiger partial charge in [-0.3, -0.25) is 4.55 Å². The quantitative estimate of drug-likeness (QED) is 0.642. The Labute approximate surface area is 72.6 Å². The van der Waals surface area contributed by atoms with Gasteiger partial charge in [-0.1, -0.05) is 0 Å². The third-order valence-corrected chi connectivity index (χ3v) is 1.83. The van der Waals surface area contributed by atoms with Crippen molar-refractivity contribution in [2.24, 2.45) is 0 Å². The molecule has 0 fully saturated rings. The standard InChI is InChI=1S/C4H7F2NO5S/c1-7-3(8)12-2-4(5,6)13(9,10)11/h2H2,1H3,(H,7,8)(H,9,10,11). The van der Waals surface area contributed by atoms with Crippen LogP contribution in [0, 0.1) is 0 Å². The van der Waals surface area contributed by atoms with Gasteiger partial charge in [0.2, 0.25) is 0 Å². The lowest BCUT2D eigenvalue weighted by Crippen LogP contribution is -2.36. The van der Waals surface area contributed by atoms with E-state index in [0.717, 1.165) is 7.05 Å². The molecule has 0 aromatic rings. The summed E-state index contributed by atoms with van der Waals surface area (Å²) in [7, 11) is -4.44. The molecule has 6 nitrogen and oxygen atoms in total. The molecule has 78 valence electrons. The van der Waals surface area contributed by atoms with Crippen LogP contribution in [0.4, 0.5) is 13.6 Å². The van der Waals surface area contributed by atoms with E-state index in [-0.39, 0.29) is 0 Å². The third kappa shape index (κ3) is 3.51. The van der Waals surface area contributed by atoms with Gasteiger partial charge in [-0.25, -0.2) is 4.79 Å². The number of hydrogen-bond donors (Lipinski definition) is 2. The van der Waals surface area contributed by atoms with Crippen LogP contribution in [0.1, 0.15) is 0 Å². The van der Waals surface area contributed by atoms with E-state index < -0.39 is 28.1 Å². The number of carbonyl (C=O) groups is 1. The lowest BCUT2D eigenvalue weighted by Gasteiger charge is -2.12. The van der Waals surface area contributed by atoms with Gasteiger partial charge in [-0.05, 0) is 0 Å². The summed E-state index contributed by atoms with van der Waals surface area (Å²) in [6.07, 6.45) is -1.22. The Hall–Kier alpha value is -0.960. The molecule has 0 rings (SSSR count). The van der Waals surface area contributed by atoms with Gasteiger partial charge in [0.15, 0.2) is 6.61 Å². The van der Waals surface area contributed by atoms with Crippen LogP contribution in [0.3, 0.4) is 0 Å². The molecular formula is C4H7F2NO5S. The second-order valence-corrected chi connectivity index (χ2v) is 3.49. The zero-order valence-electron chi connectivity index (χ0n) is 6.45. The zero-order valence-corrected chi connectivity index (χ0v) is 7.27. The number of amides is 1. The maximum Gasteiger partial charge on any atom is 0.407 e. The number of ether oxygens (including phenoxy) is 1. The van der Waals surface area contributed by atoms with E-state index in [1.807, 2.05) is 5.32 Å². The van der Waals surface area contributed by atoms with Crippen molar-refractivity contribution in [1.82, 2.24) is 5.32 Å². The lowest BCUT2D eigenvalue weighted by atomic mass is 10.7. The Kier molecular flexibility index (Phi) is 3.55. The smallest absolute Gasteiger partial charge is 0.407 e. The molecule has 1 amide bonds. The van der Waals surface area contributed by atoms with Crippen LogP contribution < -0.4 is 5.32 Å². The fourth-order valence-corrected chi connectivity index (χ4v) is 0.504. The first-order chi connectivity index (χ1) is 5.70. The number of hydrogen-bond acceptors (Lipinski definition) is 4. The van der Waals surface area contributed by atoms with Crippen LogP contribution in [0.5, 0.6) is 0 Å². The summed E-state index contributed by atoms with van der Waals surface area (Å²) in [4.78, 5) is 10.2. The second-order valence-electron chi connectivity index (χ2n) is 1.94. The average Bonchev–Trinajstić information content (AvgIpc) is 1.98. The molecule has 0 radical (unpaired) electrons. The van der Waals surface area contributed by atoms with Gasteiger partial charge in [-0.15, -0.1) is 0 Å². The first kappa shape index (κ1) is 12.0. The van der Waals surface area contributed by atoms with Crippen LogP contribution in [-0.2, 0) is 14.9 Å². The van der Waals surface area contributed by atoms with Crippen molar-refractivity contribution in [2.75, 3.05) is 13.7 Å². The highest BCUT2D eigenvalue weighted by Gasteiger charge is 2.45. The monoisotopic (exact) mass is 219 g/mol. The highest BCUT2D eigenvalue weighted by Crippen LogP contribution is 2.20. The van der Waals surface area contributed by atoms with E-state index in [4.69, 9.17) is 4.55 Å². The molecule has 9 heteroatoms. The van der Waals surface area contributed by atoms with E-state index >= 15 is 0 Å². The number of carbonyl (C=O) groups excluding carboxylic acids is 1. The summed E-state index contributed by atoms with van der Waals surface area (Å²) in [5, 5.41) is -2.67. The molecule has 0 aliphatic rings. The Morgan fingerprint density at radius 1 is 1.62 bits per heavy atom. The zero-order chi connectivity index (χ0) is 10.7. The Morgan fingerprint density at radius 3 is 2.38 bits per heavy atom. The molecule has 0 spiro atoms. The predicted molar refractivity (Wildman–Crippen MR) is 36.9 cm³/mol. The molecule has 0 aromatic heterocycles. The summed E-state index contributed by atoms with van der Waals surface area (Å²) < 4.78 is 56.1. The number of rotatable bonds is 3. The topological polar surface area (TPSA) is 92.7 Å². The molecule has 0 saturated carbocycles. The van der Waals surface area contributed by atoms with Crippen molar-refractivity contribution >= 4 is 16.2 Å². The van der Waals surface area contributed by atoms with E-state index in [9.17, 15) is 22.0 Å². The summed E-state index contributed by atoms with van der Waals surface area (Å²) in [6, 6.07) is 0. The number of alkyl carbamates (subject to hydrolysis) is 1. The van der Waals surface area contributed by atoms with Gasteiger partial charge in [-0.2, -0.15) is 17.2 Å². The number of nitrogens with one attached hydrogen (secondary N) is 1. The second kappa shape index (κ2) is 3.83. The third-order valence-electron chi connectivity index (χ3n) is 0.953. The number of halogens is 2. The highest BCUT2D eigenvalue weighted by atomic mass is 32.2. The van der Waals surface area contributed by atoms with Gasteiger partial charge in [0.05, 0.1) is 0 Å². The molecule has 2 N–H and O–H groups in total. The normalized spacial score (nSPS) is 12.3. The predicted octanol–water partition coefficient (Wildman–Crippen LogP) is -0.177. The van der Waals surface area contributed by atoms with Crippen LogP contribution in [-0.4, -0.2) is 38.0 Å². The van der Waals surface area contributed by atoms with Crippen molar-refractivity contribution in [3.8, 4) is 0 Å². The molecule has 0 aromatic carbocycles. The highest BCUT2D eigenvalue weighted by molar-refractivity contribution is 7.86. The molecule has 0 atom stereocenters. The summed E-state index contributed by atoms with van der Waals surface area (Å²) >= 11 is 0. The maximum absolute atomic E-state index is 12.3. The van der Waals surface area contributed by atoms with Gasteiger partial charge in [0, 0.05) is 7.05 Å². The minimum atomic E-state index is -5.54. The van der Waals surface area contributed by atoms with E-state index in [1.165, 1.54) is 0 Å². The van der Waals surface area contributed by atoms with Gasteiger partial charge in [0.25, 0.3) is 0 Å². The summed E-state index contributed by atoms with van der Waals surface area (Å²) in [5.41, 5.74) is 0. The minimum absolute atomic E-state index is 1.11. The van der Waals surface area contributed by atoms with E-state index in [0.29, 0.717) is 0 Å². The van der Waals surface area contributed by atoms with E-state index in [2.05, 4.69) is 4.74 Å². The first-order valence-electron chi connectivity index (χ1n) is 2.90. The van der Waals surface area contributed by atoms with Crippen molar-refractivity contribution < 1.29 is 31.3 Å². The van der Waals surface area contributed by atoms with Crippen LogP contribution in [0.25, 0.3) is 0 Å². The van der Waals surface area contributed by atoms with Gasteiger partial charge in [0.1, 0.15) is 0 Å². The van der Waals surface area contributed by atoms with E-state index in [1.54, 1.807) is 0 Å². The molecule has 0 aliphatic carbocycles. The molecule has 13 heavy (non-hydrogen) atoms. The van der Waals surface area contributed by atoms with Crippen molar-refractivity contribution in [1.29, 1.82) is 0 Å². The number of alkyl halides is 2. The van der Waals surface area contributed by atoms with Gasteiger partial charge >= 0.3 is 21.5 Å². The van der Waals surface area contributed by atoms with Crippen LogP contribution >= 0.6 is 0 Å². The SMILES string of the molecule is CNC(=O)OCC(F)(F)S(=O)(=O)O. The van der Waals surface area contributed by atoms with Crippen molar-refractivity contribution in [3.63, 3.8) is 0 Å². The van der Waals surface area contributed by atoms with Crippen molar-refractivity contribution in [2.45, 2.75) is 5.25 Å². The van der Waals surface area contributed by atoms with Crippen LogP contribution in [0.15, 0.2) is 0 Å². The summed E-state index contributed by atoms with van der Waals surface area (Å²) in [6.45, 7) is -1.73. The lowest BCUT2D eigenvalue weighted by molar-refractivity contribution is 0.00791. The maximum atomic E-state index is 12.3. The Bertz CT molecular complexity index is 287. The average molecular weight is 219 g/mol. The Balaban J connectivity index is 4.29. The first-order valence-corrected chi connectivity index (χ1v) is 4.34.